The molecule has 25 heavy (non-hydrogen) atoms. The monoisotopic (exact) mass is 338 g/mol. The number of aromatic nitrogens is 2. The van der Waals surface area contributed by atoms with Gasteiger partial charge in [-0.3, -0.25) is 4.79 Å². The van der Waals surface area contributed by atoms with E-state index in [-0.39, 0.29) is 5.91 Å². The first kappa shape index (κ1) is 16.2. The smallest absolute Gasteiger partial charge is 0.255 e. The van der Waals surface area contributed by atoms with E-state index in [0.717, 1.165) is 56.1 Å². The van der Waals surface area contributed by atoms with Gasteiger partial charge in [-0.05, 0) is 37.8 Å². The molecule has 0 bridgehead atoms. The summed E-state index contributed by atoms with van der Waals surface area (Å²) < 4.78 is 2.10. The number of benzene rings is 1. The maximum atomic E-state index is 13.1. The zero-order valence-electron chi connectivity index (χ0n) is 14.9. The Kier molecular flexibility index (Phi) is 4.47. The lowest BCUT2D eigenvalue weighted by Gasteiger charge is -2.33. The van der Waals surface area contributed by atoms with Crippen molar-refractivity contribution < 1.29 is 4.79 Å². The summed E-state index contributed by atoms with van der Waals surface area (Å²) >= 11 is 0. The van der Waals surface area contributed by atoms with E-state index in [1.54, 1.807) is 0 Å². The SMILES string of the molecule is Cn1ccnc1C1CCN(C(=O)c2ccccc2N2CCCC2)CC1. The molecule has 2 fully saturated rings. The minimum Gasteiger partial charge on any atom is -0.371 e. The van der Waals surface area contributed by atoms with Crippen molar-refractivity contribution in [1.82, 2.24) is 14.5 Å². The van der Waals surface area contributed by atoms with E-state index in [0.29, 0.717) is 5.92 Å². The molecule has 2 aliphatic heterocycles. The van der Waals surface area contributed by atoms with Crippen molar-refractivity contribution >= 4 is 11.6 Å². The summed E-state index contributed by atoms with van der Waals surface area (Å²) in [4.78, 5) is 22.0. The number of hydrogen-bond donors (Lipinski definition) is 0. The van der Waals surface area contributed by atoms with Crippen LogP contribution < -0.4 is 4.90 Å². The zero-order chi connectivity index (χ0) is 17.2. The third kappa shape index (κ3) is 3.15. The molecule has 4 rings (SSSR count). The van der Waals surface area contributed by atoms with Gasteiger partial charge in [0.15, 0.2) is 0 Å². The molecular weight excluding hydrogens is 312 g/mol. The van der Waals surface area contributed by atoms with Crippen LogP contribution in [-0.2, 0) is 7.05 Å². The van der Waals surface area contributed by atoms with Crippen molar-refractivity contribution in [1.29, 1.82) is 0 Å². The summed E-state index contributed by atoms with van der Waals surface area (Å²) in [5, 5.41) is 0. The molecule has 0 aliphatic carbocycles. The van der Waals surface area contributed by atoms with E-state index in [2.05, 4.69) is 20.5 Å². The van der Waals surface area contributed by atoms with E-state index >= 15 is 0 Å². The Labute approximate surface area is 149 Å². The number of rotatable bonds is 3. The third-order valence-corrected chi connectivity index (χ3v) is 5.59. The van der Waals surface area contributed by atoms with Gasteiger partial charge < -0.3 is 14.4 Å². The Balaban J connectivity index is 1.47. The normalized spacial score (nSPS) is 18.8. The molecule has 0 N–H and O–H groups in total. The lowest BCUT2D eigenvalue weighted by Crippen LogP contribution is -2.39. The Morgan fingerprint density at radius 3 is 2.48 bits per heavy atom. The fraction of sp³-hybridized carbons (Fsp3) is 0.500. The van der Waals surface area contributed by atoms with E-state index in [1.165, 1.54) is 12.8 Å². The molecule has 0 unspecified atom stereocenters. The molecule has 1 aromatic heterocycles. The molecule has 1 aromatic carbocycles. The van der Waals surface area contributed by atoms with Crippen molar-refractivity contribution in [3.8, 4) is 0 Å². The van der Waals surface area contributed by atoms with Gasteiger partial charge in [-0.1, -0.05) is 12.1 Å². The number of likely N-dealkylation sites (tertiary alicyclic amines) is 1. The summed E-state index contributed by atoms with van der Waals surface area (Å²) in [7, 11) is 2.05. The van der Waals surface area contributed by atoms with Crippen LogP contribution in [0.3, 0.4) is 0 Å². The maximum Gasteiger partial charge on any atom is 0.255 e. The first-order chi connectivity index (χ1) is 12.2. The molecule has 2 aromatic rings. The van der Waals surface area contributed by atoms with Gasteiger partial charge in [-0.2, -0.15) is 0 Å². The van der Waals surface area contributed by atoms with Crippen LogP contribution in [0.5, 0.6) is 0 Å². The van der Waals surface area contributed by atoms with Crippen LogP contribution >= 0.6 is 0 Å². The van der Waals surface area contributed by atoms with Gasteiger partial charge in [0.05, 0.1) is 5.56 Å². The van der Waals surface area contributed by atoms with Crippen LogP contribution in [0.25, 0.3) is 0 Å². The summed E-state index contributed by atoms with van der Waals surface area (Å²) in [6.45, 7) is 3.74. The molecule has 0 spiro atoms. The number of imidazole rings is 1. The number of carbonyl (C=O) groups excluding carboxylic acids is 1. The summed E-state index contributed by atoms with van der Waals surface area (Å²) in [6, 6.07) is 8.10. The number of piperidine rings is 1. The molecule has 0 radical (unpaired) electrons. The highest BCUT2D eigenvalue weighted by Crippen LogP contribution is 2.30. The molecule has 5 nitrogen and oxygen atoms in total. The molecule has 3 heterocycles. The van der Waals surface area contributed by atoms with Crippen molar-refractivity contribution in [3.63, 3.8) is 0 Å². The Hall–Kier alpha value is -2.30. The van der Waals surface area contributed by atoms with Gasteiger partial charge in [-0.25, -0.2) is 4.98 Å². The van der Waals surface area contributed by atoms with Gasteiger partial charge in [0, 0.05) is 57.2 Å². The van der Waals surface area contributed by atoms with E-state index < -0.39 is 0 Å². The van der Waals surface area contributed by atoms with Crippen molar-refractivity contribution in [3.05, 3.63) is 48.0 Å². The topological polar surface area (TPSA) is 41.4 Å². The number of carbonyl (C=O) groups is 1. The number of amides is 1. The lowest BCUT2D eigenvalue weighted by molar-refractivity contribution is 0.0711. The van der Waals surface area contributed by atoms with Crippen molar-refractivity contribution in [2.75, 3.05) is 31.1 Å². The Bertz CT molecular complexity index is 740. The molecule has 2 aliphatic rings. The average Bonchev–Trinajstić information content (AvgIpc) is 3.33. The highest BCUT2D eigenvalue weighted by atomic mass is 16.2. The van der Waals surface area contributed by atoms with Crippen LogP contribution in [0.1, 0.15) is 47.8 Å². The van der Waals surface area contributed by atoms with Crippen LogP contribution in [0, 0.1) is 0 Å². The molecular formula is C20H26N4O. The Morgan fingerprint density at radius 2 is 1.80 bits per heavy atom. The van der Waals surface area contributed by atoms with Gasteiger partial charge in [0.2, 0.25) is 0 Å². The minimum absolute atomic E-state index is 0.181. The average molecular weight is 338 g/mol. The van der Waals surface area contributed by atoms with E-state index in [9.17, 15) is 4.79 Å². The fourth-order valence-electron chi connectivity index (χ4n) is 4.17. The minimum atomic E-state index is 0.181. The summed E-state index contributed by atoms with van der Waals surface area (Å²) in [5.74, 6) is 1.78. The predicted molar refractivity (Wildman–Crippen MR) is 99.0 cm³/mol. The standard InChI is InChI=1S/C20H26N4O/c1-22-15-10-21-19(22)16-8-13-24(14-9-16)20(25)17-6-2-3-7-18(17)23-11-4-5-12-23/h2-3,6-7,10,15-16H,4-5,8-9,11-14H2,1H3. The quantitative estimate of drug-likeness (QED) is 0.864. The number of anilines is 1. The summed E-state index contributed by atoms with van der Waals surface area (Å²) in [6.07, 6.45) is 8.28. The van der Waals surface area contributed by atoms with Crippen LogP contribution in [0.15, 0.2) is 36.7 Å². The van der Waals surface area contributed by atoms with Gasteiger partial charge in [-0.15, -0.1) is 0 Å². The molecule has 2 saturated heterocycles. The van der Waals surface area contributed by atoms with Crippen LogP contribution in [-0.4, -0.2) is 46.5 Å². The second-order valence-corrected chi connectivity index (χ2v) is 7.17. The molecule has 132 valence electrons. The van der Waals surface area contributed by atoms with Gasteiger partial charge in [0.1, 0.15) is 5.82 Å². The summed E-state index contributed by atoms with van der Waals surface area (Å²) in [5.41, 5.74) is 1.97. The number of nitrogens with zero attached hydrogens (tertiary/aromatic N) is 4. The number of hydrogen-bond acceptors (Lipinski definition) is 3. The first-order valence-electron chi connectivity index (χ1n) is 9.34. The fourth-order valence-corrected chi connectivity index (χ4v) is 4.17. The Morgan fingerprint density at radius 1 is 1.08 bits per heavy atom. The highest BCUT2D eigenvalue weighted by Gasteiger charge is 2.28. The molecule has 0 saturated carbocycles. The van der Waals surface area contributed by atoms with Crippen LogP contribution in [0.2, 0.25) is 0 Å². The molecule has 5 heteroatoms. The van der Waals surface area contributed by atoms with Gasteiger partial charge in [0.25, 0.3) is 5.91 Å². The molecule has 0 atom stereocenters. The number of aryl methyl sites for hydroxylation is 1. The maximum absolute atomic E-state index is 13.1. The predicted octanol–water partition coefficient (Wildman–Crippen LogP) is 3.04. The lowest BCUT2D eigenvalue weighted by atomic mass is 9.95. The van der Waals surface area contributed by atoms with Gasteiger partial charge >= 0.3 is 0 Å². The third-order valence-electron chi connectivity index (χ3n) is 5.59. The van der Waals surface area contributed by atoms with E-state index in [1.807, 2.05) is 42.5 Å². The number of para-hydroxylation sites is 1. The van der Waals surface area contributed by atoms with Crippen LogP contribution in [0.4, 0.5) is 5.69 Å². The highest BCUT2D eigenvalue weighted by molar-refractivity contribution is 6.00. The van der Waals surface area contributed by atoms with Crippen molar-refractivity contribution in [2.45, 2.75) is 31.6 Å². The van der Waals surface area contributed by atoms with E-state index in [4.69, 9.17) is 0 Å². The van der Waals surface area contributed by atoms with Crippen molar-refractivity contribution in [2.24, 2.45) is 7.05 Å². The molecule has 1 amide bonds. The second kappa shape index (κ2) is 6.90. The zero-order valence-corrected chi connectivity index (χ0v) is 14.9. The second-order valence-electron chi connectivity index (χ2n) is 7.17. The first-order valence-corrected chi connectivity index (χ1v) is 9.34. The largest absolute Gasteiger partial charge is 0.371 e.